The maximum Gasteiger partial charge on any atom is 0.301 e. The number of halogens is 3. The maximum atomic E-state index is 12.6. The van der Waals surface area contributed by atoms with Crippen LogP contribution >= 0.6 is 11.8 Å². The number of allylic oxidation sites excluding steroid dienone is 1. The van der Waals surface area contributed by atoms with E-state index in [1.165, 1.54) is 0 Å². The molecule has 0 bridgehead atoms. The molecule has 1 aromatic heterocycles. The minimum absolute atomic E-state index is 0.128. The number of aryl methyl sites for hydroxylation is 2. The van der Waals surface area contributed by atoms with E-state index in [0.29, 0.717) is 12.3 Å². The summed E-state index contributed by atoms with van der Waals surface area (Å²) in [6.07, 6.45) is -1.25. The number of thioether (sulfide) groups is 1. The second kappa shape index (κ2) is 7.87. The van der Waals surface area contributed by atoms with Crippen molar-refractivity contribution in [2.75, 3.05) is 5.75 Å². The first-order valence-electron chi connectivity index (χ1n) is 6.34. The highest BCUT2D eigenvalue weighted by Crippen LogP contribution is 2.22. The molecule has 2 rings (SSSR count). The Bertz CT molecular complexity index is 597. The van der Waals surface area contributed by atoms with E-state index in [2.05, 4.69) is 10.2 Å². The van der Waals surface area contributed by atoms with Crippen LogP contribution in [0.1, 0.15) is 17.9 Å². The third kappa shape index (κ3) is 5.26. The summed E-state index contributed by atoms with van der Waals surface area (Å²) < 4.78 is 41.7. The third-order valence-electron chi connectivity index (χ3n) is 2.67. The number of nitrogens with zero attached hydrogens (tertiary/aromatic N) is 2. The molecule has 0 saturated carbocycles. The minimum atomic E-state index is -2.27. The Kier molecular flexibility index (Phi) is 5.86. The smallest absolute Gasteiger partial charge is 0.301 e. The molecule has 112 valence electrons. The molecule has 1 aromatic carbocycles. The first-order chi connectivity index (χ1) is 10.1. The topological polar surface area (TPSA) is 38.9 Å². The van der Waals surface area contributed by atoms with Crippen LogP contribution in [0.25, 0.3) is 0 Å². The van der Waals surface area contributed by atoms with Gasteiger partial charge in [-0.25, -0.2) is 4.39 Å². The van der Waals surface area contributed by atoms with Crippen LogP contribution in [0.2, 0.25) is 0 Å². The van der Waals surface area contributed by atoms with Crippen molar-refractivity contribution in [1.29, 1.82) is 0 Å². The van der Waals surface area contributed by atoms with Gasteiger partial charge >= 0.3 is 6.08 Å². The Morgan fingerprint density at radius 3 is 2.52 bits per heavy atom. The standard InChI is InChI=1S/C14H13F3N2OS/c15-11(13(16)17)8-9-21-14-19-18-12(20-14)7-6-10-4-2-1-3-5-10/h1-5H,6-9H2. The summed E-state index contributed by atoms with van der Waals surface area (Å²) in [4.78, 5) is 0. The SMILES string of the molecule is FC(F)=C(F)CCSc1nnc(CCc2ccccc2)o1. The lowest BCUT2D eigenvalue weighted by atomic mass is 10.1. The minimum Gasteiger partial charge on any atom is -0.416 e. The summed E-state index contributed by atoms with van der Waals surface area (Å²) in [5.41, 5.74) is 1.16. The largest absolute Gasteiger partial charge is 0.416 e. The molecule has 0 aliphatic heterocycles. The summed E-state index contributed by atoms with van der Waals surface area (Å²) in [6.45, 7) is 0. The molecule has 0 radical (unpaired) electrons. The average molecular weight is 314 g/mol. The number of aromatic nitrogens is 2. The second-order valence-corrected chi connectivity index (χ2v) is 5.26. The Labute approximate surface area is 124 Å². The Balaban J connectivity index is 1.78. The lowest BCUT2D eigenvalue weighted by Gasteiger charge is -1.97. The average Bonchev–Trinajstić information content (AvgIpc) is 2.94. The molecule has 2 aromatic rings. The maximum absolute atomic E-state index is 12.6. The van der Waals surface area contributed by atoms with Crippen molar-refractivity contribution < 1.29 is 17.6 Å². The molecule has 3 nitrogen and oxygen atoms in total. The van der Waals surface area contributed by atoms with E-state index in [1.54, 1.807) is 0 Å². The van der Waals surface area contributed by atoms with Gasteiger partial charge in [0.2, 0.25) is 5.89 Å². The summed E-state index contributed by atoms with van der Waals surface area (Å²) in [6, 6.07) is 9.87. The summed E-state index contributed by atoms with van der Waals surface area (Å²) in [5, 5.41) is 7.93. The van der Waals surface area contributed by atoms with Crippen LogP contribution < -0.4 is 0 Å². The molecule has 0 fully saturated rings. The van der Waals surface area contributed by atoms with Crippen LogP contribution in [0.5, 0.6) is 0 Å². The fourth-order valence-corrected chi connectivity index (χ4v) is 2.33. The first-order valence-corrected chi connectivity index (χ1v) is 7.32. The van der Waals surface area contributed by atoms with Gasteiger partial charge < -0.3 is 4.42 Å². The van der Waals surface area contributed by atoms with Crippen molar-refractivity contribution in [3.63, 3.8) is 0 Å². The van der Waals surface area contributed by atoms with E-state index in [1.807, 2.05) is 30.3 Å². The van der Waals surface area contributed by atoms with Crippen molar-refractivity contribution in [2.45, 2.75) is 24.5 Å². The van der Waals surface area contributed by atoms with Gasteiger partial charge in [0.1, 0.15) is 0 Å². The number of hydrogen-bond acceptors (Lipinski definition) is 4. The molecule has 0 spiro atoms. The molecule has 0 aliphatic rings. The van der Waals surface area contributed by atoms with Gasteiger partial charge in [0.05, 0.1) is 0 Å². The second-order valence-electron chi connectivity index (χ2n) is 4.21. The van der Waals surface area contributed by atoms with Gasteiger partial charge in [0.15, 0.2) is 5.83 Å². The van der Waals surface area contributed by atoms with Crippen molar-refractivity contribution in [2.24, 2.45) is 0 Å². The van der Waals surface area contributed by atoms with Gasteiger partial charge in [-0.15, -0.1) is 10.2 Å². The fraction of sp³-hybridized carbons (Fsp3) is 0.286. The van der Waals surface area contributed by atoms with E-state index < -0.39 is 11.9 Å². The lowest BCUT2D eigenvalue weighted by Crippen LogP contribution is -1.90. The molecule has 21 heavy (non-hydrogen) atoms. The molecule has 7 heteroatoms. The highest BCUT2D eigenvalue weighted by Gasteiger charge is 2.09. The van der Waals surface area contributed by atoms with Gasteiger partial charge in [-0.1, -0.05) is 42.1 Å². The van der Waals surface area contributed by atoms with Crippen molar-refractivity contribution in [3.8, 4) is 0 Å². The summed E-state index contributed by atoms with van der Waals surface area (Å²) in [7, 11) is 0. The molecule has 0 N–H and O–H groups in total. The van der Waals surface area contributed by atoms with Gasteiger partial charge in [-0.05, 0) is 12.0 Å². The Hall–Kier alpha value is -1.76. The molecule has 0 atom stereocenters. The van der Waals surface area contributed by atoms with E-state index in [-0.39, 0.29) is 17.4 Å². The predicted molar refractivity (Wildman–Crippen MR) is 73.8 cm³/mol. The van der Waals surface area contributed by atoms with Crippen molar-refractivity contribution in [1.82, 2.24) is 10.2 Å². The van der Waals surface area contributed by atoms with Crippen molar-refractivity contribution >= 4 is 11.8 Å². The number of rotatable bonds is 7. The monoisotopic (exact) mass is 314 g/mol. The molecular formula is C14H13F3N2OS. The fourth-order valence-electron chi connectivity index (χ4n) is 1.62. The quantitative estimate of drug-likeness (QED) is 0.709. The van der Waals surface area contributed by atoms with Gasteiger partial charge in [-0.2, -0.15) is 8.78 Å². The molecular weight excluding hydrogens is 301 g/mol. The van der Waals surface area contributed by atoms with E-state index in [0.717, 1.165) is 23.7 Å². The van der Waals surface area contributed by atoms with Crippen LogP contribution in [0.3, 0.4) is 0 Å². The zero-order valence-electron chi connectivity index (χ0n) is 11.1. The zero-order valence-corrected chi connectivity index (χ0v) is 11.9. The highest BCUT2D eigenvalue weighted by molar-refractivity contribution is 7.99. The highest BCUT2D eigenvalue weighted by atomic mass is 32.2. The van der Waals surface area contributed by atoms with Crippen LogP contribution in [-0.2, 0) is 12.8 Å². The normalized spacial score (nSPS) is 10.6. The molecule has 0 amide bonds. The molecule has 1 heterocycles. The predicted octanol–water partition coefficient (Wildman–Crippen LogP) is 4.41. The van der Waals surface area contributed by atoms with Gasteiger partial charge in [-0.3, -0.25) is 0 Å². The van der Waals surface area contributed by atoms with Crippen LogP contribution in [0.4, 0.5) is 13.2 Å². The van der Waals surface area contributed by atoms with Crippen LogP contribution in [0, 0.1) is 0 Å². The summed E-state index contributed by atoms with van der Waals surface area (Å²) >= 11 is 1.06. The van der Waals surface area contributed by atoms with Gasteiger partial charge in [0.25, 0.3) is 5.22 Å². The van der Waals surface area contributed by atoms with Gasteiger partial charge in [0, 0.05) is 18.6 Å². The van der Waals surface area contributed by atoms with E-state index >= 15 is 0 Å². The number of benzene rings is 1. The van der Waals surface area contributed by atoms with E-state index in [9.17, 15) is 13.2 Å². The van der Waals surface area contributed by atoms with Crippen LogP contribution in [-0.4, -0.2) is 16.0 Å². The van der Waals surface area contributed by atoms with Crippen molar-refractivity contribution in [3.05, 3.63) is 53.7 Å². The Morgan fingerprint density at radius 1 is 1.05 bits per heavy atom. The molecule has 0 aliphatic carbocycles. The number of hydrogen-bond donors (Lipinski definition) is 0. The van der Waals surface area contributed by atoms with Crippen LogP contribution in [0.15, 0.2) is 51.9 Å². The Morgan fingerprint density at radius 2 is 1.81 bits per heavy atom. The summed E-state index contributed by atoms with van der Waals surface area (Å²) in [5.74, 6) is -0.788. The zero-order chi connectivity index (χ0) is 15.1. The van der Waals surface area contributed by atoms with E-state index in [4.69, 9.17) is 4.42 Å². The molecule has 0 saturated heterocycles. The first kappa shape index (κ1) is 15.6. The molecule has 0 unspecified atom stereocenters. The third-order valence-corrected chi connectivity index (χ3v) is 3.49. The lowest BCUT2D eigenvalue weighted by molar-refractivity contribution is 0.373.